The highest BCUT2D eigenvalue weighted by Crippen LogP contribution is 2.25. The van der Waals surface area contributed by atoms with Crippen LogP contribution in [0, 0.1) is 0 Å². The second-order valence-electron chi connectivity index (χ2n) is 4.97. The van der Waals surface area contributed by atoms with Crippen molar-refractivity contribution in [1.29, 1.82) is 0 Å². The molecule has 1 heterocycles. The monoisotopic (exact) mass is 279 g/mol. The summed E-state index contributed by atoms with van der Waals surface area (Å²) in [5, 5.41) is 10.4. The summed E-state index contributed by atoms with van der Waals surface area (Å²) in [4.78, 5) is 13.9. The smallest absolute Gasteiger partial charge is 0.232 e. The molecule has 1 aliphatic heterocycles. The molecule has 1 aromatic carbocycles. The van der Waals surface area contributed by atoms with Gasteiger partial charge in [-0.2, -0.15) is 0 Å². The fourth-order valence-corrected chi connectivity index (χ4v) is 3.59. The molecule has 0 unspecified atom stereocenters. The zero-order chi connectivity index (χ0) is 13.7. The van der Waals surface area contributed by atoms with Gasteiger partial charge in [-0.05, 0) is 12.0 Å². The topological polar surface area (TPSA) is 40.5 Å². The Labute approximate surface area is 119 Å². The average Bonchev–Trinajstić information content (AvgIpc) is 2.54. The van der Waals surface area contributed by atoms with E-state index in [4.69, 9.17) is 0 Å². The van der Waals surface area contributed by atoms with Crippen molar-refractivity contribution in [3.63, 3.8) is 0 Å². The summed E-state index contributed by atoms with van der Waals surface area (Å²) in [6.07, 6.45) is 1.60. The third kappa shape index (κ3) is 3.98. The van der Waals surface area contributed by atoms with E-state index < -0.39 is 6.10 Å². The van der Waals surface area contributed by atoms with Crippen molar-refractivity contribution in [2.75, 3.05) is 12.3 Å². The van der Waals surface area contributed by atoms with Crippen LogP contribution in [0.25, 0.3) is 0 Å². The Morgan fingerprint density at radius 2 is 2.11 bits per heavy atom. The lowest BCUT2D eigenvalue weighted by Gasteiger charge is -2.24. The number of β-amino-alcohol motifs (C(OH)–C–C–N with tert-alkyl or cyclic N) is 1. The van der Waals surface area contributed by atoms with E-state index in [1.54, 1.807) is 16.7 Å². The highest BCUT2D eigenvalue weighted by Gasteiger charge is 2.29. The van der Waals surface area contributed by atoms with Crippen LogP contribution in [0.1, 0.15) is 25.3 Å². The molecule has 1 aliphatic rings. The lowest BCUT2D eigenvalue weighted by Crippen LogP contribution is -2.38. The van der Waals surface area contributed by atoms with Crippen LogP contribution in [0.3, 0.4) is 0 Å². The maximum absolute atomic E-state index is 12.1. The van der Waals surface area contributed by atoms with Gasteiger partial charge in [0, 0.05) is 18.3 Å². The number of nitrogens with zero attached hydrogens (tertiary/aromatic N) is 1. The first-order chi connectivity index (χ1) is 9.20. The standard InChI is InChI=1S/C15H21NO2S/c1-2-6-14-13(17)10-16(15(18)11-19-14)9-12-7-4-3-5-8-12/h3-5,7-8,13-14,17H,2,6,9-11H2,1H3/t13-,14-/m1/s1. The minimum Gasteiger partial charge on any atom is -0.390 e. The van der Waals surface area contributed by atoms with E-state index >= 15 is 0 Å². The molecule has 2 rings (SSSR count). The van der Waals surface area contributed by atoms with E-state index in [1.807, 2.05) is 30.3 Å². The quantitative estimate of drug-likeness (QED) is 0.919. The zero-order valence-electron chi connectivity index (χ0n) is 11.3. The lowest BCUT2D eigenvalue weighted by atomic mass is 10.1. The summed E-state index contributed by atoms with van der Waals surface area (Å²) in [6.45, 7) is 3.16. The van der Waals surface area contributed by atoms with Crippen LogP contribution >= 0.6 is 11.8 Å². The van der Waals surface area contributed by atoms with Gasteiger partial charge in [0.2, 0.25) is 5.91 Å². The fraction of sp³-hybridized carbons (Fsp3) is 0.533. The highest BCUT2D eigenvalue weighted by atomic mass is 32.2. The molecule has 0 aromatic heterocycles. The second-order valence-corrected chi connectivity index (χ2v) is 6.19. The third-order valence-electron chi connectivity index (χ3n) is 3.40. The minimum absolute atomic E-state index is 0.131. The maximum atomic E-state index is 12.1. The first-order valence-corrected chi connectivity index (χ1v) is 7.87. The highest BCUT2D eigenvalue weighted by molar-refractivity contribution is 8.00. The number of benzene rings is 1. The number of carbonyl (C=O) groups is 1. The van der Waals surface area contributed by atoms with Gasteiger partial charge in [-0.15, -0.1) is 11.8 Å². The maximum Gasteiger partial charge on any atom is 0.232 e. The van der Waals surface area contributed by atoms with Crippen molar-refractivity contribution in [2.24, 2.45) is 0 Å². The van der Waals surface area contributed by atoms with Gasteiger partial charge >= 0.3 is 0 Å². The number of aliphatic hydroxyl groups is 1. The molecule has 19 heavy (non-hydrogen) atoms. The predicted molar refractivity (Wildman–Crippen MR) is 79.0 cm³/mol. The van der Waals surface area contributed by atoms with E-state index in [0.29, 0.717) is 18.8 Å². The van der Waals surface area contributed by atoms with Gasteiger partial charge in [0.25, 0.3) is 0 Å². The van der Waals surface area contributed by atoms with Crippen LogP contribution in [0.4, 0.5) is 0 Å². The zero-order valence-corrected chi connectivity index (χ0v) is 12.1. The summed E-state index contributed by atoms with van der Waals surface area (Å²) in [5.41, 5.74) is 1.11. The Balaban J connectivity index is 2.02. The largest absolute Gasteiger partial charge is 0.390 e. The number of amides is 1. The van der Waals surface area contributed by atoms with Crippen LogP contribution in [-0.4, -0.2) is 39.6 Å². The van der Waals surface area contributed by atoms with Crippen LogP contribution in [-0.2, 0) is 11.3 Å². The first kappa shape index (κ1) is 14.4. The Morgan fingerprint density at radius 3 is 2.79 bits per heavy atom. The summed E-state index contributed by atoms with van der Waals surface area (Å²) < 4.78 is 0. The molecule has 104 valence electrons. The Morgan fingerprint density at radius 1 is 1.37 bits per heavy atom. The molecule has 4 heteroatoms. The van der Waals surface area contributed by atoms with E-state index in [2.05, 4.69) is 6.92 Å². The molecule has 3 nitrogen and oxygen atoms in total. The molecule has 1 amide bonds. The normalized spacial score (nSPS) is 24.3. The summed E-state index contributed by atoms with van der Waals surface area (Å²) >= 11 is 1.60. The van der Waals surface area contributed by atoms with Gasteiger partial charge in [-0.3, -0.25) is 4.79 Å². The van der Waals surface area contributed by atoms with E-state index in [9.17, 15) is 9.90 Å². The molecule has 2 atom stereocenters. The van der Waals surface area contributed by atoms with Crippen molar-refractivity contribution in [3.05, 3.63) is 35.9 Å². The van der Waals surface area contributed by atoms with Crippen LogP contribution < -0.4 is 0 Å². The van der Waals surface area contributed by atoms with Gasteiger partial charge in [0.05, 0.1) is 11.9 Å². The van der Waals surface area contributed by atoms with Crippen LogP contribution in [0.2, 0.25) is 0 Å². The predicted octanol–water partition coefficient (Wildman–Crippen LogP) is 2.29. The number of aliphatic hydroxyl groups excluding tert-OH is 1. The van der Waals surface area contributed by atoms with Gasteiger partial charge in [-0.25, -0.2) is 0 Å². The average molecular weight is 279 g/mol. The molecule has 1 aromatic rings. The van der Waals surface area contributed by atoms with E-state index in [-0.39, 0.29) is 11.2 Å². The van der Waals surface area contributed by atoms with Crippen molar-refractivity contribution >= 4 is 17.7 Å². The van der Waals surface area contributed by atoms with E-state index in [0.717, 1.165) is 18.4 Å². The van der Waals surface area contributed by atoms with Crippen molar-refractivity contribution in [1.82, 2.24) is 4.90 Å². The van der Waals surface area contributed by atoms with Crippen molar-refractivity contribution in [3.8, 4) is 0 Å². The molecular formula is C15H21NO2S. The molecule has 1 N–H and O–H groups in total. The molecule has 1 fully saturated rings. The SMILES string of the molecule is CCC[C@H]1SCC(=O)N(Cc2ccccc2)C[C@H]1O. The van der Waals surface area contributed by atoms with E-state index in [1.165, 1.54) is 0 Å². The molecular weight excluding hydrogens is 258 g/mol. The molecule has 0 radical (unpaired) electrons. The number of rotatable bonds is 4. The molecule has 0 spiro atoms. The van der Waals surface area contributed by atoms with Gasteiger partial charge in [-0.1, -0.05) is 43.7 Å². The van der Waals surface area contributed by atoms with Gasteiger partial charge in [0.1, 0.15) is 0 Å². The number of hydrogen-bond donors (Lipinski definition) is 1. The molecule has 0 saturated carbocycles. The summed E-state index contributed by atoms with van der Waals surface area (Å²) in [7, 11) is 0. The molecule has 0 aliphatic carbocycles. The van der Waals surface area contributed by atoms with Crippen molar-refractivity contribution < 1.29 is 9.90 Å². The molecule has 1 saturated heterocycles. The number of thioether (sulfide) groups is 1. The van der Waals surface area contributed by atoms with Gasteiger partial charge in [0.15, 0.2) is 0 Å². The lowest BCUT2D eigenvalue weighted by molar-refractivity contribution is -0.130. The minimum atomic E-state index is -0.417. The summed E-state index contributed by atoms with van der Waals surface area (Å²) in [5.74, 6) is 0.612. The van der Waals surface area contributed by atoms with Gasteiger partial charge < -0.3 is 10.0 Å². The first-order valence-electron chi connectivity index (χ1n) is 6.82. The molecule has 0 bridgehead atoms. The number of carbonyl (C=O) groups excluding carboxylic acids is 1. The Kier molecular flexibility index (Phi) is 5.28. The van der Waals surface area contributed by atoms with Crippen molar-refractivity contribution in [2.45, 2.75) is 37.7 Å². The third-order valence-corrected chi connectivity index (χ3v) is 4.79. The fourth-order valence-electron chi connectivity index (χ4n) is 2.34. The van der Waals surface area contributed by atoms with Crippen LogP contribution in [0.5, 0.6) is 0 Å². The number of hydrogen-bond acceptors (Lipinski definition) is 3. The second kappa shape index (κ2) is 6.96. The van der Waals surface area contributed by atoms with Crippen LogP contribution in [0.15, 0.2) is 30.3 Å². The Hall–Kier alpha value is -1.00. The summed E-state index contributed by atoms with van der Waals surface area (Å²) in [6, 6.07) is 9.95. The Bertz CT molecular complexity index is 410.